The zero-order valence-corrected chi connectivity index (χ0v) is 15.4. The van der Waals surface area contributed by atoms with E-state index in [0.29, 0.717) is 23.8 Å². The minimum atomic E-state index is -0.702. The molecule has 1 fully saturated rings. The number of likely N-dealkylation sites (tertiary alicyclic amines) is 1. The molecule has 0 bridgehead atoms. The van der Waals surface area contributed by atoms with Gasteiger partial charge < -0.3 is 10.6 Å². The number of imidazole rings is 1. The Hall–Kier alpha value is -2.61. The molecule has 1 aromatic heterocycles. The van der Waals surface area contributed by atoms with E-state index in [4.69, 9.17) is 0 Å². The SMILES string of the molecule is CCN1CCC[C@@H]1CNC(=O)C(=O)Nc1ccc2c(c1)n(C)c(=O)n2C. The number of fused-ring (bicyclic) bond motifs is 1. The van der Waals surface area contributed by atoms with E-state index < -0.39 is 11.8 Å². The van der Waals surface area contributed by atoms with Crippen molar-refractivity contribution in [2.24, 2.45) is 14.1 Å². The Morgan fingerprint density at radius 2 is 1.88 bits per heavy atom. The molecule has 2 N–H and O–H groups in total. The molecule has 3 rings (SSSR count). The third kappa shape index (κ3) is 3.37. The molecular formula is C18H25N5O3. The van der Waals surface area contributed by atoms with Crippen LogP contribution in [0.15, 0.2) is 23.0 Å². The van der Waals surface area contributed by atoms with E-state index in [2.05, 4.69) is 22.5 Å². The van der Waals surface area contributed by atoms with Gasteiger partial charge in [-0.25, -0.2) is 4.79 Å². The number of rotatable bonds is 4. The molecule has 140 valence electrons. The number of hydrogen-bond donors (Lipinski definition) is 2. The number of nitrogens with zero attached hydrogens (tertiary/aromatic N) is 3. The van der Waals surface area contributed by atoms with Crippen molar-refractivity contribution in [1.82, 2.24) is 19.4 Å². The smallest absolute Gasteiger partial charge is 0.328 e. The minimum absolute atomic E-state index is 0.140. The van der Waals surface area contributed by atoms with E-state index in [-0.39, 0.29) is 5.69 Å². The first-order chi connectivity index (χ1) is 12.4. The summed E-state index contributed by atoms with van der Waals surface area (Å²) in [6.45, 7) is 4.56. The van der Waals surface area contributed by atoms with Crippen LogP contribution in [0.4, 0.5) is 5.69 Å². The summed E-state index contributed by atoms with van der Waals surface area (Å²) in [5.74, 6) is -1.35. The van der Waals surface area contributed by atoms with E-state index in [1.165, 1.54) is 9.13 Å². The monoisotopic (exact) mass is 359 g/mol. The number of benzene rings is 1. The van der Waals surface area contributed by atoms with E-state index in [9.17, 15) is 14.4 Å². The Bertz CT molecular complexity index is 898. The zero-order valence-electron chi connectivity index (χ0n) is 15.4. The lowest BCUT2D eigenvalue weighted by Gasteiger charge is -2.22. The van der Waals surface area contributed by atoms with Gasteiger partial charge in [0.25, 0.3) is 0 Å². The lowest BCUT2D eigenvalue weighted by molar-refractivity contribution is -0.136. The number of anilines is 1. The summed E-state index contributed by atoms with van der Waals surface area (Å²) in [5, 5.41) is 5.32. The number of aromatic nitrogens is 2. The number of aryl methyl sites for hydroxylation is 2. The summed E-state index contributed by atoms with van der Waals surface area (Å²) in [7, 11) is 3.36. The van der Waals surface area contributed by atoms with Gasteiger partial charge >= 0.3 is 17.5 Å². The molecule has 0 unspecified atom stereocenters. The number of carbonyl (C=O) groups is 2. The van der Waals surface area contributed by atoms with Crippen LogP contribution < -0.4 is 16.3 Å². The predicted octanol–water partition coefficient (Wildman–Crippen LogP) is 0.416. The minimum Gasteiger partial charge on any atom is -0.346 e. The molecule has 0 aliphatic carbocycles. The average molecular weight is 359 g/mol. The fraction of sp³-hybridized carbons (Fsp3) is 0.500. The Morgan fingerprint density at radius 1 is 1.15 bits per heavy atom. The van der Waals surface area contributed by atoms with Gasteiger partial charge in [0, 0.05) is 32.4 Å². The number of carbonyl (C=O) groups excluding carboxylic acids is 2. The lowest BCUT2D eigenvalue weighted by atomic mass is 10.2. The van der Waals surface area contributed by atoms with Gasteiger partial charge in [-0.3, -0.25) is 23.6 Å². The van der Waals surface area contributed by atoms with Crippen LogP contribution in [0.2, 0.25) is 0 Å². The molecule has 1 atom stereocenters. The zero-order chi connectivity index (χ0) is 18.8. The molecular weight excluding hydrogens is 334 g/mol. The maximum absolute atomic E-state index is 12.2. The molecule has 2 heterocycles. The van der Waals surface area contributed by atoms with Gasteiger partial charge in [0.1, 0.15) is 0 Å². The molecule has 2 aromatic rings. The first-order valence-electron chi connectivity index (χ1n) is 8.91. The van der Waals surface area contributed by atoms with Crippen molar-refractivity contribution in [2.45, 2.75) is 25.8 Å². The van der Waals surface area contributed by atoms with Gasteiger partial charge in [-0.1, -0.05) is 6.92 Å². The summed E-state index contributed by atoms with van der Waals surface area (Å²) < 4.78 is 3.04. The Labute approximate surface area is 151 Å². The largest absolute Gasteiger partial charge is 0.346 e. The lowest BCUT2D eigenvalue weighted by Crippen LogP contribution is -2.43. The van der Waals surface area contributed by atoms with Crippen molar-refractivity contribution in [3.8, 4) is 0 Å². The molecule has 8 nitrogen and oxygen atoms in total. The van der Waals surface area contributed by atoms with Gasteiger partial charge in [-0.2, -0.15) is 0 Å². The summed E-state index contributed by atoms with van der Waals surface area (Å²) in [5.41, 5.74) is 1.80. The van der Waals surface area contributed by atoms with Crippen LogP contribution in [0.25, 0.3) is 11.0 Å². The van der Waals surface area contributed by atoms with Gasteiger partial charge in [0.2, 0.25) is 0 Å². The standard InChI is InChI=1S/C18H25N5O3/c1-4-23-9-5-6-13(23)11-19-16(24)17(25)20-12-7-8-14-15(10-12)22(3)18(26)21(14)2/h7-8,10,13H,4-6,9,11H2,1-3H3,(H,19,24)(H,20,25)/t13-/m1/s1. The highest BCUT2D eigenvalue weighted by Crippen LogP contribution is 2.18. The van der Waals surface area contributed by atoms with Crippen molar-refractivity contribution in [1.29, 1.82) is 0 Å². The predicted molar refractivity (Wildman–Crippen MR) is 100 cm³/mol. The van der Waals surface area contributed by atoms with Gasteiger partial charge in [0.05, 0.1) is 11.0 Å². The topological polar surface area (TPSA) is 88.4 Å². The first kappa shape index (κ1) is 18.2. The Kier molecular flexibility index (Phi) is 5.13. The molecule has 0 saturated carbocycles. The maximum Gasteiger partial charge on any atom is 0.328 e. The maximum atomic E-state index is 12.2. The van der Waals surface area contributed by atoms with Crippen molar-refractivity contribution in [2.75, 3.05) is 25.0 Å². The summed E-state index contributed by atoms with van der Waals surface area (Å²) in [4.78, 5) is 38.5. The quantitative estimate of drug-likeness (QED) is 0.775. The molecule has 0 radical (unpaired) electrons. The van der Waals surface area contributed by atoms with E-state index >= 15 is 0 Å². The first-order valence-corrected chi connectivity index (χ1v) is 8.91. The third-order valence-electron chi connectivity index (χ3n) is 5.14. The summed E-state index contributed by atoms with van der Waals surface area (Å²) >= 11 is 0. The normalized spacial score (nSPS) is 17.6. The van der Waals surface area contributed by atoms with Crippen LogP contribution in [0.1, 0.15) is 19.8 Å². The molecule has 1 aromatic carbocycles. The highest BCUT2D eigenvalue weighted by atomic mass is 16.2. The molecule has 8 heteroatoms. The van der Waals surface area contributed by atoms with Crippen molar-refractivity contribution < 1.29 is 9.59 Å². The molecule has 1 aliphatic heterocycles. The fourth-order valence-corrected chi connectivity index (χ4v) is 3.61. The van der Waals surface area contributed by atoms with Crippen molar-refractivity contribution >= 4 is 28.5 Å². The molecule has 0 spiro atoms. The molecule has 1 aliphatic rings. The van der Waals surface area contributed by atoms with Crippen LogP contribution in [-0.2, 0) is 23.7 Å². The highest BCUT2D eigenvalue weighted by molar-refractivity contribution is 6.39. The number of hydrogen-bond acceptors (Lipinski definition) is 4. The second-order valence-corrected chi connectivity index (χ2v) is 6.69. The average Bonchev–Trinajstić information content (AvgIpc) is 3.18. The molecule has 2 amide bonds. The second-order valence-electron chi connectivity index (χ2n) is 6.69. The fourth-order valence-electron chi connectivity index (χ4n) is 3.61. The van der Waals surface area contributed by atoms with Crippen LogP contribution in [0.3, 0.4) is 0 Å². The van der Waals surface area contributed by atoms with Crippen LogP contribution >= 0.6 is 0 Å². The molecule has 26 heavy (non-hydrogen) atoms. The third-order valence-corrected chi connectivity index (χ3v) is 5.14. The summed E-state index contributed by atoms with van der Waals surface area (Å²) in [6, 6.07) is 5.43. The number of likely N-dealkylation sites (N-methyl/N-ethyl adjacent to an activating group) is 1. The van der Waals surface area contributed by atoms with E-state index in [1.807, 2.05) is 0 Å². The van der Waals surface area contributed by atoms with Gasteiger partial charge in [-0.05, 0) is 44.1 Å². The Morgan fingerprint density at radius 3 is 2.62 bits per heavy atom. The van der Waals surface area contributed by atoms with Crippen molar-refractivity contribution in [3.05, 3.63) is 28.7 Å². The van der Waals surface area contributed by atoms with Crippen LogP contribution in [-0.4, -0.2) is 51.5 Å². The summed E-state index contributed by atoms with van der Waals surface area (Å²) in [6.07, 6.45) is 2.16. The molecule has 1 saturated heterocycles. The van der Waals surface area contributed by atoms with Gasteiger partial charge in [-0.15, -0.1) is 0 Å². The second kappa shape index (κ2) is 7.33. The van der Waals surface area contributed by atoms with E-state index in [1.54, 1.807) is 32.3 Å². The van der Waals surface area contributed by atoms with Crippen LogP contribution in [0, 0.1) is 0 Å². The van der Waals surface area contributed by atoms with Crippen LogP contribution in [0.5, 0.6) is 0 Å². The van der Waals surface area contributed by atoms with Crippen molar-refractivity contribution in [3.63, 3.8) is 0 Å². The van der Waals surface area contributed by atoms with Gasteiger partial charge in [0.15, 0.2) is 0 Å². The number of nitrogens with one attached hydrogen (secondary N) is 2. The number of amides is 2. The van der Waals surface area contributed by atoms with E-state index in [0.717, 1.165) is 31.4 Å². The highest BCUT2D eigenvalue weighted by Gasteiger charge is 2.24. The Balaban J connectivity index is 1.64.